The Hall–Kier alpha value is -1.36. The molecule has 0 aliphatic carbocycles. The van der Waals surface area contributed by atoms with Crippen LogP contribution in [0, 0.1) is 6.92 Å². The second-order valence-corrected chi connectivity index (χ2v) is 5.65. The molecule has 0 aromatic carbocycles. The van der Waals surface area contributed by atoms with Crippen molar-refractivity contribution in [1.82, 2.24) is 9.97 Å². The Bertz CT molecular complexity index is 428. The summed E-state index contributed by atoms with van der Waals surface area (Å²) in [5, 5.41) is 3.27. The maximum absolute atomic E-state index is 5.75. The van der Waals surface area contributed by atoms with Crippen LogP contribution in [-0.2, 0) is 10.2 Å². The van der Waals surface area contributed by atoms with Crippen LogP contribution in [0.4, 0.5) is 5.82 Å². The number of aromatic nitrogens is 2. The average Bonchev–Trinajstić information content (AvgIpc) is 2.37. The molecule has 1 N–H and O–H groups in total. The van der Waals surface area contributed by atoms with Crippen LogP contribution in [0.1, 0.15) is 46.0 Å². The third kappa shape index (κ3) is 4.63. The van der Waals surface area contributed by atoms with Crippen molar-refractivity contribution in [2.24, 2.45) is 0 Å². The first-order valence-corrected chi connectivity index (χ1v) is 7.23. The lowest BCUT2D eigenvalue weighted by Gasteiger charge is -2.20. The van der Waals surface area contributed by atoms with Crippen molar-refractivity contribution in [2.75, 3.05) is 31.7 Å². The Labute approximate surface area is 122 Å². The highest BCUT2D eigenvalue weighted by Crippen LogP contribution is 2.27. The second-order valence-electron chi connectivity index (χ2n) is 5.65. The van der Waals surface area contributed by atoms with Crippen LogP contribution in [0.2, 0.25) is 0 Å². The van der Waals surface area contributed by atoms with Crippen LogP contribution in [0.5, 0.6) is 5.88 Å². The average molecular weight is 281 g/mol. The summed E-state index contributed by atoms with van der Waals surface area (Å²) in [6.45, 7) is 14.9. The first-order chi connectivity index (χ1) is 9.40. The summed E-state index contributed by atoms with van der Waals surface area (Å²) in [7, 11) is 0. The van der Waals surface area contributed by atoms with E-state index >= 15 is 0 Å². The highest BCUT2D eigenvalue weighted by Gasteiger charge is 2.21. The zero-order chi connectivity index (χ0) is 15.2. The van der Waals surface area contributed by atoms with E-state index in [9.17, 15) is 0 Å². The predicted octanol–water partition coefficient (Wildman–Crippen LogP) is 2.93. The topological polar surface area (TPSA) is 56.3 Å². The number of ether oxygens (including phenoxy) is 2. The highest BCUT2D eigenvalue weighted by molar-refractivity contribution is 5.49. The normalized spacial score (nSPS) is 11.5. The van der Waals surface area contributed by atoms with Gasteiger partial charge in [-0.15, -0.1) is 0 Å². The van der Waals surface area contributed by atoms with Gasteiger partial charge in [0.15, 0.2) is 0 Å². The molecule has 0 spiro atoms. The fourth-order valence-electron chi connectivity index (χ4n) is 1.65. The molecule has 0 saturated carbocycles. The minimum absolute atomic E-state index is 0.115. The van der Waals surface area contributed by atoms with Crippen molar-refractivity contribution in [2.45, 2.75) is 47.0 Å². The summed E-state index contributed by atoms with van der Waals surface area (Å²) in [6, 6.07) is 0. The van der Waals surface area contributed by atoms with E-state index in [4.69, 9.17) is 9.47 Å². The zero-order valence-corrected chi connectivity index (χ0v) is 13.5. The third-order valence-corrected chi connectivity index (χ3v) is 2.79. The lowest BCUT2D eigenvalue weighted by Crippen LogP contribution is -2.19. The molecule has 114 valence electrons. The molecule has 0 bridgehead atoms. The summed E-state index contributed by atoms with van der Waals surface area (Å²) >= 11 is 0. The van der Waals surface area contributed by atoms with E-state index in [0.29, 0.717) is 25.7 Å². The molecule has 1 rings (SSSR count). The van der Waals surface area contributed by atoms with E-state index in [-0.39, 0.29) is 5.41 Å². The smallest absolute Gasteiger partial charge is 0.221 e. The van der Waals surface area contributed by atoms with E-state index < -0.39 is 0 Å². The van der Waals surface area contributed by atoms with Gasteiger partial charge in [-0.25, -0.2) is 4.98 Å². The zero-order valence-electron chi connectivity index (χ0n) is 13.5. The SMILES string of the molecule is CCNc1nc(C(C)(C)C)nc(OCCOCC)c1C. The lowest BCUT2D eigenvalue weighted by molar-refractivity contribution is 0.108. The maximum Gasteiger partial charge on any atom is 0.221 e. The van der Waals surface area contributed by atoms with Crippen molar-refractivity contribution < 1.29 is 9.47 Å². The van der Waals surface area contributed by atoms with Gasteiger partial charge in [0.05, 0.1) is 12.2 Å². The first-order valence-electron chi connectivity index (χ1n) is 7.23. The van der Waals surface area contributed by atoms with E-state index in [1.54, 1.807) is 0 Å². The predicted molar refractivity (Wildman–Crippen MR) is 81.6 cm³/mol. The van der Waals surface area contributed by atoms with Crippen molar-refractivity contribution in [1.29, 1.82) is 0 Å². The Morgan fingerprint density at radius 1 is 1.10 bits per heavy atom. The molecule has 1 aromatic rings. The molecule has 1 aromatic heterocycles. The van der Waals surface area contributed by atoms with Crippen molar-refractivity contribution in [3.05, 3.63) is 11.4 Å². The van der Waals surface area contributed by atoms with Crippen LogP contribution in [0.25, 0.3) is 0 Å². The molecule has 0 saturated heterocycles. The van der Waals surface area contributed by atoms with Crippen LogP contribution < -0.4 is 10.1 Å². The Balaban J connectivity index is 2.98. The third-order valence-electron chi connectivity index (χ3n) is 2.79. The van der Waals surface area contributed by atoms with Gasteiger partial charge in [-0.1, -0.05) is 20.8 Å². The molecule has 5 heteroatoms. The molecule has 0 amide bonds. The molecule has 0 aliphatic heterocycles. The van der Waals surface area contributed by atoms with Gasteiger partial charge in [-0.2, -0.15) is 4.98 Å². The Morgan fingerprint density at radius 2 is 1.80 bits per heavy atom. The van der Waals surface area contributed by atoms with Gasteiger partial charge < -0.3 is 14.8 Å². The molecule has 0 unspecified atom stereocenters. The minimum atomic E-state index is -0.115. The number of nitrogens with zero attached hydrogens (tertiary/aromatic N) is 2. The number of rotatable bonds is 7. The first kappa shape index (κ1) is 16.7. The molecule has 1 heterocycles. The molecular formula is C15H27N3O2. The fraction of sp³-hybridized carbons (Fsp3) is 0.733. The van der Waals surface area contributed by atoms with E-state index in [1.807, 2.05) is 20.8 Å². The van der Waals surface area contributed by atoms with E-state index in [0.717, 1.165) is 23.8 Å². The molecule has 0 radical (unpaired) electrons. The maximum atomic E-state index is 5.75. The van der Waals surface area contributed by atoms with Crippen molar-refractivity contribution in [3.8, 4) is 5.88 Å². The largest absolute Gasteiger partial charge is 0.475 e. The Kier molecular flexibility index (Phi) is 6.20. The molecule has 5 nitrogen and oxygen atoms in total. The lowest BCUT2D eigenvalue weighted by atomic mass is 9.95. The summed E-state index contributed by atoms with van der Waals surface area (Å²) in [6.07, 6.45) is 0. The van der Waals surface area contributed by atoms with Crippen molar-refractivity contribution in [3.63, 3.8) is 0 Å². The summed E-state index contributed by atoms with van der Waals surface area (Å²) in [4.78, 5) is 9.16. The van der Waals surface area contributed by atoms with Gasteiger partial charge in [0.2, 0.25) is 5.88 Å². The number of hydrogen-bond acceptors (Lipinski definition) is 5. The minimum Gasteiger partial charge on any atom is -0.475 e. The van der Waals surface area contributed by atoms with Gasteiger partial charge in [0, 0.05) is 18.6 Å². The summed E-state index contributed by atoms with van der Waals surface area (Å²) in [5.41, 5.74) is 0.826. The van der Waals surface area contributed by atoms with Gasteiger partial charge in [0.25, 0.3) is 0 Å². The molecule has 0 fully saturated rings. The highest BCUT2D eigenvalue weighted by atomic mass is 16.5. The van der Waals surface area contributed by atoms with Crippen molar-refractivity contribution >= 4 is 5.82 Å². The van der Waals surface area contributed by atoms with E-state index in [2.05, 4.69) is 36.1 Å². The van der Waals surface area contributed by atoms with Crippen LogP contribution in [0.3, 0.4) is 0 Å². The molecular weight excluding hydrogens is 254 g/mol. The molecule has 0 atom stereocenters. The van der Waals surface area contributed by atoms with Gasteiger partial charge in [-0.3, -0.25) is 0 Å². The molecule has 0 aliphatic rings. The fourth-order valence-corrected chi connectivity index (χ4v) is 1.65. The Morgan fingerprint density at radius 3 is 2.35 bits per heavy atom. The van der Waals surface area contributed by atoms with Gasteiger partial charge >= 0.3 is 0 Å². The summed E-state index contributed by atoms with van der Waals surface area (Å²) < 4.78 is 11.0. The number of hydrogen-bond donors (Lipinski definition) is 1. The van der Waals surface area contributed by atoms with E-state index in [1.165, 1.54) is 0 Å². The van der Waals surface area contributed by atoms with Gasteiger partial charge in [0.1, 0.15) is 18.2 Å². The quantitative estimate of drug-likeness (QED) is 0.779. The van der Waals surface area contributed by atoms with Crippen LogP contribution in [0.15, 0.2) is 0 Å². The molecule has 20 heavy (non-hydrogen) atoms. The number of anilines is 1. The van der Waals surface area contributed by atoms with Crippen LogP contribution in [-0.4, -0.2) is 36.3 Å². The second kappa shape index (κ2) is 7.43. The van der Waals surface area contributed by atoms with Crippen LogP contribution >= 0.6 is 0 Å². The summed E-state index contributed by atoms with van der Waals surface area (Å²) in [5.74, 6) is 2.27. The monoisotopic (exact) mass is 281 g/mol. The number of nitrogens with one attached hydrogen (secondary N) is 1. The van der Waals surface area contributed by atoms with Gasteiger partial charge in [-0.05, 0) is 20.8 Å². The standard InChI is InChI=1S/C15H27N3O2/c1-7-16-12-11(3)13(20-10-9-19-8-2)18-14(17-12)15(4,5)6/h7-10H2,1-6H3,(H,16,17,18).